The quantitative estimate of drug-likeness (QED) is 0.714. The molecule has 1 aromatic heterocycles. The number of fused-ring (bicyclic) bond motifs is 1. The molecule has 0 bridgehead atoms. The molecule has 2 amide bonds. The topological polar surface area (TPSA) is 67.2 Å². The minimum Gasteiger partial charge on any atom is -0.315 e. The van der Waals surface area contributed by atoms with Crippen LogP contribution in [0, 0.1) is 5.92 Å². The van der Waals surface area contributed by atoms with Gasteiger partial charge in [-0.1, -0.05) is 48.5 Å². The number of nitrogens with one attached hydrogen (secondary N) is 1. The number of carbonyl (C=O) groups excluding carboxylic acids is 2. The Balaban J connectivity index is 1.45. The van der Waals surface area contributed by atoms with E-state index in [1.165, 1.54) is 0 Å². The van der Waals surface area contributed by atoms with E-state index < -0.39 is 5.92 Å². The number of carbonyl (C=O) groups is 2. The van der Waals surface area contributed by atoms with Crippen molar-refractivity contribution in [1.29, 1.82) is 0 Å². The summed E-state index contributed by atoms with van der Waals surface area (Å²) in [5.41, 5.74) is 3.08. The number of rotatable bonds is 4. The summed E-state index contributed by atoms with van der Waals surface area (Å²) in [5.74, 6) is -0.768. The zero-order valence-corrected chi connectivity index (χ0v) is 15.7. The Morgan fingerprint density at radius 2 is 1.86 bits per heavy atom. The average molecular weight is 374 g/mol. The molecule has 28 heavy (non-hydrogen) atoms. The number of anilines is 2. The molecule has 1 aliphatic heterocycles. The van der Waals surface area contributed by atoms with Crippen LogP contribution in [0.15, 0.2) is 66.9 Å². The van der Waals surface area contributed by atoms with Crippen molar-refractivity contribution in [1.82, 2.24) is 9.78 Å². The van der Waals surface area contributed by atoms with Crippen LogP contribution in [0.3, 0.4) is 0 Å². The van der Waals surface area contributed by atoms with Gasteiger partial charge in [0.1, 0.15) is 5.92 Å². The molecule has 0 aliphatic carbocycles. The number of benzene rings is 2. The van der Waals surface area contributed by atoms with Gasteiger partial charge in [0.05, 0.1) is 6.54 Å². The van der Waals surface area contributed by atoms with Gasteiger partial charge >= 0.3 is 0 Å². The Morgan fingerprint density at radius 3 is 2.68 bits per heavy atom. The largest absolute Gasteiger partial charge is 0.315 e. The number of nitrogens with zero attached hydrogens (tertiary/aromatic N) is 3. The van der Waals surface area contributed by atoms with E-state index >= 15 is 0 Å². The lowest BCUT2D eigenvalue weighted by molar-refractivity contribution is -0.130. The van der Waals surface area contributed by atoms with Crippen molar-refractivity contribution in [2.45, 2.75) is 19.4 Å². The van der Waals surface area contributed by atoms with Crippen LogP contribution in [0.1, 0.15) is 17.5 Å². The second-order valence-electron chi connectivity index (χ2n) is 6.99. The number of para-hydroxylation sites is 1. The minimum atomic E-state index is -0.725. The van der Waals surface area contributed by atoms with Gasteiger partial charge in [-0.3, -0.25) is 14.3 Å². The van der Waals surface area contributed by atoms with Gasteiger partial charge in [0.25, 0.3) is 0 Å². The summed E-state index contributed by atoms with van der Waals surface area (Å²) in [6.45, 7) is 0.622. The Kier molecular flexibility index (Phi) is 4.93. The molecule has 1 unspecified atom stereocenters. The monoisotopic (exact) mass is 374 g/mol. The Hall–Kier alpha value is -3.41. The highest BCUT2D eigenvalue weighted by Crippen LogP contribution is 2.28. The standard InChI is InChI=1S/C22H22N4O2/c1-25-19-10-6-5-9-17(19)11-12-18(22(25)28)21(27)23-20-13-14-26(24-20)15-16-7-3-2-4-8-16/h2-10,13-14,18H,11-12,15H2,1H3,(H,23,24,27). The molecule has 6 heteroatoms. The van der Waals surface area contributed by atoms with Gasteiger partial charge in [-0.2, -0.15) is 5.10 Å². The number of amides is 2. The summed E-state index contributed by atoms with van der Waals surface area (Å²) in [6, 6.07) is 19.5. The zero-order chi connectivity index (χ0) is 19.5. The molecule has 1 aliphatic rings. The van der Waals surface area contributed by atoms with Crippen LogP contribution in [0.4, 0.5) is 11.5 Å². The molecular weight excluding hydrogens is 352 g/mol. The molecule has 2 aromatic carbocycles. The second kappa shape index (κ2) is 7.68. The Labute approximate surface area is 163 Å². The first-order valence-electron chi connectivity index (χ1n) is 9.35. The molecule has 1 atom stereocenters. The minimum absolute atomic E-state index is 0.189. The van der Waals surface area contributed by atoms with Crippen molar-refractivity contribution in [2.24, 2.45) is 5.92 Å². The summed E-state index contributed by atoms with van der Waals surface area (Å²) in [7, 11) is 1.72. The van der Waals surface area contributed by atoms with Crippen molar-refractivity contribution in [3.8, 4) is 0 Å². The average Bonchev–Trinajstić information content (AvgIpc) is 3.10. The van der Waals surface area contributed by atoms with Crippen LogP contribution in [0.25, 0.3) is 0 Å². The summed E-state index contributed by atoms with van der Waals surface area (Å²) in [6.07, 6.45) is 2.99. The van der Waals surface area contributed by atoms with Gasteiger partial charge < -0.3 is 10.2 Å². The first-order valence-corrected chi connectivity index (χ1v) is 9.35. The zero-order valence-electron chi connectivity index (χ0n) is 15.7. The van der Waals surface area contributed by atoms with Crippen LogP contribution in [0.5, 0.6) is 0 Å². The predicted octanol–water partition coefficient (Wildman–Crippen LogP) is 3.10. The van der Waals surface area contributed by atoms with Crippen LogP contribution in [-0.2, 0) is 22.6 Å². The number of aromatic nitrogens is 2. The third-order valence-corrected chi connectivity index (χ3v) is 5.08. The van der Waals surface area contributed by atoms with E-state index in [0.717, 1.165) is 16.8 Å². The van der Waals surface area contributed by atoms with Crippen molar-refractivity contribution in [2.75, 3.05) is 17.3 Å². The summed E-state index contributed by atoms with van der Waals surface area (Å²) < 4.78 is 1.77. The number of aryl methyl sites for hydroxylation is 1. The van der Waals surface area contributed by atoms with Gasteiger partial charge in [-0.25, -0.2) is 0 Å². The normalized spacial score (nSPS) is 16.4. The molecule has 0 saturated heterocycles. The maximum absolute atomic E-state index is 12.8. The van der Waals surface area contributed by atoms with E-state index in [9.17, 15) is 9.59 Å². The first kappa shape index (κ1) is 18.0. The van der Waals surface area contributed by atoms with Gasteiger partial charge in [0, 0.05) is 25.0 Å². The smallest absolute Gasteiger partial charge is 0.239 e. The molecule has 142 valence electrons. The highest BCUT2D eigenvalue weighted by molar-refractivity contribution is 6.11. The lowest BCUT2D eigenvalue weighted by Crippen LogP contribution is -2.38. The molecule has 2 heterocycles. The highest BCUT2D eigenvalue weighted by Gasteiger charge is 2.33. The van der Waals surface area contributed by atoms with E-state index in [0.29, 0.717) is 25.2 Å². The van der Waals surface area contributed by atoms with Crippen molar-refractivity contribution >= 4 is 23.3 Å². The molecule has 4 rings (SSSR count). The van der Waals surface area contributed by atoms with Crippen molar-refractivity contribution in [3.05, 3.63) is 78.0 Å². The van der Waals surface area contributed by atoms with E-state index in [2.05, 4.69) is 10.4 Å². The molecule has 0 radical (unpaired) electrons. The second-order valence-corrected chi connectivity index (χ2v) is 6.99. The van der Waals surface area contributed by atoms with Gasteiger partial charge in [-0.05, 0) is 30.0 Å². The molecule has 3 aromatic rings. The lowest BCUT2D eigenvalue weighted by atomic mass is 9.99. The molecule has 0 saturated carbocycles. The SMILES string of the molecule is CN1C(=O)C(C(=O)Nc2ccn(Cc3ccccc3)n2)CCc2ccccc21. The number of hydrogen-bond acceptors (Lipinski definition) is 3. The lowest BCUT2D eigenvalue weighted by Gasteiger charge is -2.20. The molecule has 6 nitrogen and oxygen atoms in total. The Morgan fingerprint density at radius 1 is 1.11 bits per heavy atom. The fourth-order valence-corrected chi connectivity index (χ4v) is 3.57. The van der Waals surface area contributed by atoms with Crippen LogP contribution in [-0.4, -0.2) is 28.6 Å². The summed E-state index contributed by atoms with van der Waals surface area (Å²) in [4.78, 5) is 27.2. The summed E-state index contributed by atoms with van der Waals surface area (Å²) >= 11 is 0. The highest BCUT2D eigenvalue weighted by atomic mass is 16.2. The molecular formula is C22H22N4O2. The Bertz CT molecular complexity index is 997. The van der Waals surface area contributed by atoms with Crippen LogP contribution in [0.2, 0.25) is 0 Å². The number of hydrogen-bond donors (Lipinski definition) is 1. The molecule has 0 spiro atoms. The molecule has 0 fully saturated rings. The molecule has 1 N–H and O–H groups in total. The van der Waals surface area contributed by atoms with Crippen molar-refractivity contribution < 1.29 is 9.59 Å². The first-order chi connectivity index (χ1) is 13.6. The maximum atomic E-state index is 12.8. The van der Waals surface area contributed by atoms with Gasteiger partial charge in [0.15, 0.2) is 5.82 Å². The van der Waals surface area contributed by atoms with Crippen LogP contribution >= 0.6 is 0 Å². The third kappa shape index (κ3) is 3.67. The predicted molar refractivity (Wildman–Crippen MR) is 108 cm³/mol. The van der Waals surface area contributed by atoms with Gasteiger partial charge in [-0.15, -0.1) is 0 Å². The van der Waals surface area contributed by atoms with E-state index in [-0.39, 0.29) is 11.8 Å². The van der Waals surface area contributed by atoms with E-state index in [1.807, 2.05) is 60.8 Å². The van der Waals surface area contributed by atoms with E-state index in [1.54, 1.807) is 22.7 Å². The van der Waals surface area contributed by atoms with Gasteiger partial charge in [0.2, 0.25) is 11.8 Å². The fourth-order valence-electron chi connectivity index (χ4n) is 3.57. The fraction of sp³-hybridized carbons (Fsp3) is 0.227. The third-order valence-electron chi connectivity index (χ3n) is 5.08. The van der Waals surface area contributed by atoms with E-state index in [4.69, 9.17) is 0 Å². The van der Waals surface area contributed by atoms with Crippen LogP contribution < -0.4 is 10.2 Å². The maximum Gasteiger partial charge on any atom is 0.239 e. The summed E-state index contributed by atoms with van der Waals surface area (Å²) in [5, 5.41) is 7.21. The van der Waals surface area contributed by atoms with Crippen molar-refractivity contribution in [3.63, 3.8) is 0 Å².